The number of nitrogens with zero attached hydrogens (tertiary/aromatic N) is 2. The van der Waals surface area contributed by atoms with Gasteiger partial charge in [0.05, 0.1) is 11.1 Å². The molecule has 0 N–H and O–H groups in total. The van der Waals surface area contributed by atoms with Gasteiger partial charge in [0, 0.05) is 44.1 Å². The van der Waals surface area contributed by atoms with Crippen molar-refractivity contribution in [1.29, 1.82) is 0 Å². The van der Waals surface area contributed by atoms with E-state index in [1.54, 1.807) is 0 Å². The van der Waals surface area contributed by atoms with Gasteiger partial charge in [0.2, 0.25) is 0 Å². The largest absolute Gasteiger partial charge is 0.456 e. The molecular formula is C48H29BN2O. The van der Waals surface area contributed by atoms with Gasteiger partial charge in [-0.2, -0.15) is 0 Å². The SMILES string of the molecule is c1ccc(-c2ccc3c(c2)c2cc(-c4ccccc4)cc4c2n3B2c3ccccc3N(c3ccccc3)c3c2c-4cc2oc4ccccc4c32)cc1. The summed E-state index contributed by atoms with van der Waals surface area (Å²) >= 11 is 0. The minimum absolute atomic E-state index is 0.0446. The van der Waals surface area contributed by atoms with Crippen LogP contribution in [0.25, 0.3) is 77.1 Å². The Balaban J connectivity index is 1.29. The molecule has 2 aliphatic rings. The first-order chi connectivity index (χ1) is 25.8. The fourth-order valence-electron chi connectivity index (χ4n) is 9.19. The van der Waals surface area contributed by atoms with Crippen molar-refractivity contribution in [2.24, 2.45) is 0 Å². The maximum Gasteiger partial charge on any atom is 0.333 e. The first-order valence-electron chi connectivity index (χ1n) is 18.0. The number of aromatic nitrogens is 1. The van der Waals surface area contributed by atoms with Gasteiger partial charge in [-0.1, -0.05) is 121 Å². The molecule has 2 aromatic heterocycles. The van der Waals surface area contributed by atoms with Crippen molar-refractivity contribution in [1.82, 2.24) is 4.48 Å². The maximum atomic E-state index is 6.78. The lowest BCUT2D eigenvalue weighted by molar-refractivity contribution is 0.669. The zero-order valence-electron chi connectivity index (χ0n) is 28.1. The van der Waals surface area contributed by atoms with E-state index < -0.39 is 0 Å². The second-order valence-corrected chi connectivity index (χ2v) is 14.0. The van der Waals surface area contributed by atoms with Crippen LogP contribution in [0.4, 0.5) is 17.1 Å². The summed E-state index contributed by atoms with van der Waals surface area (Å²) in [6.45, 7) is -0.0446. The van der Waals surface area contributed by atoms with E-state index in [-0.39, 0.29) is 6.85 Å². The van der Waals surface area contributed by atoms with Crippen LogP contribution >= 0.6 is 0 Å². The Morgan fingerprint density at radius 1 is 0.462 bits per heavy atom. The highest BCUT2D eigenvalue weighted by Gasteiger charge is 2.44. The van der Waals surface area contributed by atoms with Gasteiger partial charge in [-0.25, -0.2) is 0 Å². The number of rotatable bonds is 3. The number of anilines is 3. The lowest BCUT2D eigenvalue weighted by atomic mass is 9.45. The minimum atomic E-state index is -0.0446. The van der Waals surface area contributed by atoms with Gasteiger partial charge >= 0.3 is 6.85 Å². The molecule has 0 saturated carbocycles. The quantitative estimate of drug-likeness (QED) is 0.176. The molecule has 4 heteroatoms. The Labute approximate surface area is 300 Å². The molecule has 8 aromatic carbocycles. The second-order valence-electron chi connectivity index (χ2n) is 14.0. The van der Waals surface area contributed by atoms with E-state index in [4.69, 9.17) is 4.42 Å². The molecule has 52 heavy (non-hydrogen) atoms. The van der Waals surface area contributed by atoms with Gasteiger partial charge in [0.1, 0.15) is 11.2 Å². The van der Waals surface area contributed by atoms with E-state index in [9.17, 15) is 0 Å². The van der Waals surface area contributed by atoms with Crippen molar-refractivity contribution in [3.05, 3.63) is 176 Å². The zero-order chi connectivity index (χ0) is 33.9. The molecule has 0 saturated heterocycles. The highest BCUT2D eigenvalue weighted by atomic mass is 16.3. The van der Waals surface area contributed by atoms with Crippen LogP contribution in [0, 0.1) is 0 Å². The van der Waals surface area contributed by atoms with Crippen LogP contribution in [0.3, 0.4) is 0 Å². The fourth-order valence-corrected chi connectivity index (χ4v) is 9.19. The molecule has 10 aromatic rings. The van der Waals surface area contributed by atoms with Crippen molar-refractivity contribution < 1.29 is 4.42 Å². The molecular weight excluding hydrogens is 631 g/mol. The van der Waals surface area contributed by atoms with Gasteiger partial charge in [0.25, 0.3) is 0 Å². The lowest BCUT2D eigenvalue weighted by Crippen LogP contribution is -2.56. The van der Waals surface area contributed by atoms with Gasteiger partial charge in [-0.3, -0.25) is 0 Å². The summed E-state index contributed by atoms with van der Waals surface area (Å²) in [5, 5.41) is 4.82. The van der Waals surface area contributed by atoms with Crippen LogP contribution in [0.5, 0.6) is 0 Å². The normalized spacial score (nSPS) is 12.9. The predicted octanol–water partition coefficient (Wildman–Crippen LogP) is 11.4. The molecule has 0 bridgehead atoms. The third-order valence-electron chi connectivity index (χ3n) is 11.3. The molecule has 0 fully saturated rings. The van der Waals surface area contributed by atoms with E-state index >= 15 is 0 Å². The van der Waals surface area contributed by atoms with Crippen molar-refractivity contribution >= 4 is 78.6 Å². The first-order valence-corrected chi connectivity index (χ1v) is 18.0. The molecule has 12 rings (SSSR count). The molecule has 0 atom stereocenters. The molecule has 3 nitrogen and oxygen atoms in total. The predicted molar refractivity (Wildman–Crippen MR) is 218 cm³/mol. The first kappa shape index (κ1) is 28.0. The van der Waals surface area contributed by atoms with E-state index in [2.05, 4.69) is 185 Å². The van der Waals surface area contributed by atoms with Crippen molar-refractivity contribution in [3.8, 4) is 33.4 Å². The van der Waals surface area contributed by atoms with Gasteiger partial charge in [0.15, 0.2) is 0 Å². The van der Waals surface area contributed by atoms with E-state index in [1.807, 2.05) is 0 Å². The standard InChI is InChI=1S/C48H29BN2O/c1-4-14-30(15-5-1)32-24-25-41-36(26-32)38-27-33(31-16-6-2-7-17-31)28-39-37-29-44-45(35-20-10-13-23-43(35)52-44)48-46(37)49(51(41)47(38)39)40-21-11-12-22-42(40)50(48)34-18-8-3-9-19-34/h1-29H. The summed E-state index contributed by atoms with van der Waals surface area (Å²) in [7, 11) is 0. The zero-order valence-corrected chi connectivity index (χ0v) is 28.1. The summed E-state index contributed by atoms with van der Waals surface area (Å²) in [5.74, 6) is 0. The molecule has 4 heterocycles. The highest BCUT2D eigenvalue weighted by molar-refractivity contribution is 6.90. The molecule has 0 radical (unpaired) electrons. The van der Waals surface area contributed by atoms with E-state index in [0.717, 1.165) is 27.6 Å². The summed E-state index contributed by atoms with van der Waals surface area (Å²) in [6, 6.07) is 64.1. The van der Waals surface area contributed by atoms with Gasteiger partial charge in [-0.15, -0.1) is 0 Å². The Morgan fingerprint density at radius 2 is 1.13 bits per heavy atom. The monoisotopic (exact) mass is 660 g/mol. The summed E-state index contributed by atoms with van der Waals surface area (Å²) in [6.07, 6.45) is 0. The van der Waals surface area contributed by atoms with Crippen LogP contribution in [0.2, 0.25) is 0 Å². The molecule has 2 aliphatic heterocycles. The topological polar surface area (TPSA) is 21.3 Å². The number of hydrogen-bond donors (Lipinski definition) is 0. The molecule has 0 unspecified atom stereocenters. The van der Waals surface area contributed by atoms with Gasteiger partial charge in [-0.05, 0) is 93.3 Å². The summed E-state index contributed by atoms with van der Waals surface area (Å²) in [5.41, 5.74) is 17.7. The molecule has 240 valence electrons. The summed E-state index contributed by atoms with van der Waals surface area (Å²) < 4.78 is 9.42. The third-order valence-corrected chi connectivity index (χ3v) is 11.3. The number of fused-ring (bicyclic) bond motifs is 11. The average molecular weight is 661 g/mol. The van der Waals surface area contributed by atoms with Crippen LogP contribution in [-0.2, 0) is 0 Å². The Morgan fingerprint density at radius 3 is 1.94 bits per heavy atom. The second kappa shape index (κ2) is 10.4. The fraction of sp³-hybridized carbons (Fsp3) is 0. The van der Waals surface area contributed by atoms with E-state index in [1.165, 1.54) is 77.5 Å². The molecule has 0 amide bonds. The Bertz CT molecular complexity index is 3070. The van der Waals surface area contributed by atoms with Gasteiger partial charge < -0.3 is 13.8 Å². The van der Waals surface area contributed by atoms with Crippen molar-refractivity contribution in [2.75, 3.05) is 4.90 Å². The molecule has 0 aliphatic carbocycles. The smallest absolute Gasteiger partial charge is 0.333 e. The van der Waals surface area contributed by atoms with Crippen molar-refractivity contribution in [2.45, 2.75) is 0 Å². The lowest BCUT2D eigenvalue weighted by Gasteiger charge is -2.40. The van der Waals surface area contributed by atoms with Crippen molar-refractivity contribution in [3.63, 3.8) is 0 Å². The summed E-state index contributed by atoms with van der Waals surface area (Å²) in [4.78, 5) is 2.48. The number of benzene rings is 8. The Hall–Kier alpha value is -6.78. The van der Waals surface area contributed by atoms with E-state index in [0.29, 0.717) is 0 Å². The minimum Gasteiger partial charge on any atom is -0.456 e. The van der Waals surface area contributed by atoms with Crippen LogP contribution in [0.1, 0.15) is 0 Å². The van der Waals surface area contributed by atoms with Crippen LogP contribution in [-0.4, -0.2) is 11.3 Å². The average Bonchev–Trinajstić information content (AvgIpc) is 3.75. The third kappa shape index (κ3) is 3.71. The highest BCUT2D eigenvalue weighted by Crippen LogP contribution is 2.50. The van der Waals surface area contributed by atoms with Crippen LogP contribution in [0.15, 0.2) is 180 Å². The number of furan rings is 1. The maximum absolute atomic E-state index is 6.78. The Kier molecular flexibility index (Phi) is 5.58. The number of para-hydroxylation sites is 3. The molecule has 0 spiro atoms. The number of hydrogen-bond acceptors (Lipinski definition) is 2. The van der Waals surface area contributed by atoms with Crippen LogP contribution < -0.4 is 15.8 Å².